The lowest BCUT2D eigenvalue weighted by Gasteiger charge is -2.30. The van der Waals surface area contributed by atoms with Crippen LogP contribution >= 0.6 is 35.2 Å². The smallest absolute Gasteiger partial charge is 0.481 e. The maximum atomic E-state index is 12.6. The highest BCUT2D eigenvalue weighted by Gasteiger charge is 2.50. The van der Waals surface area contributed by atoms with Gasteiger partial charge in [0.1, 0.15) is 36.3 Å². The summed E-state index contributed by atoms with van der Waals surface area (Å²) in [6, 6.07) is 0. The summed E-state index contributed by atoms with van der Waals surface area (Å²) in [5.74, 6) is -2.70. The number of rotatable bonds is 22. The molecule has 1 aliphatic rings. The zero-order chi connectivity index (χ0) is 42.1. The maximum absolute atomic E-state index is 12.6. The van der Waals surface area contributed by atoms with Crippen LogP contribution in [0.15, 0.2) is 29.8 Å². The second kappa shape index (κ2) is 20.0. The van der Waals surface area contributed by atoms with Crippen LogP contribution in [0.2, 0.25) is 0 Å². The molecule has 0 bridgehead atoms. The van der Waals surface area contributed by atoms with Crippen LogP contribution in [0.5, 0.6) is 0 Å². The molecule has 0 aliphatic carbocycles. The number of fused-ring (bicyclic) bond motifs is 1. The molecule has 0 aromatic carbocycles. The lowest BCUT2D eigenvalue weighted by molar-refractivity contribution is -0.218. The predicted molar refractivity (Wildman–Crippen MR) is 188 cm³/mol. The van der Waals surface area contributed by atoms with E-state index in [9.17, 15) is 63.0 Å². The van der Waals surface area contributed by atoms with Gasteiger partial charge in [-0.1, -0.05) is 31.7 Å². The number of ether oxygens (including phenoxy) is 1. The van der Waals surface area contributed by atoms with Crippen LogP contribution in [0.3, 0.4) is 0 Å². The number of carboxylic acids is 1. The fourth-order valence-electron chi connectivity index (χ4n) is 4.54. The molecule has 2 aromatic rings. The minimum absolute atomic E-state index is 0.0180. The van der Waals surface area contributed by atoms with Gasteiger partial charge in [0.15, 0.2) is 17.7 Å². The molecule has 3 heterocycles. The van der Waals surface area contributed by atoms with E-state index in [0.717, 1.165) is 35.1 Å². The van der Waals surface area contributed by atoms with E-state index in [4.69, 9.17) is 24.6 Å². The quantitative estimate of drug-likeness (QED) is 0.0210. The normalized spacial score (nSPS) is 22.2. The first-order valence-corrected chi connectivity index (χ1v) is 21.3. The largest absolute Gasteiger partial charge is 0.862 e. The van der Waals surface area contributed by atoms with Crippen molar-refractivity contribution in [2.75, 3.05) is 37.8 Å². The zero-order valence-electron chi connectivity index (χ0n) is 29.2. The van der Waals surface area contributed by atoms with Gasteiger partial charge in [-0.3, -0.25) is 32.5 Å². The Hall–Kier alpha value is -3.23. The second-order valence-corrected chi connectivity index (χ2v) is 17.5. The lowest BCUT2D eigenvalue weighted by atomic mass is 9.87. The van der Waals surface area contributed by atoms with Crippen molar-refractivity contribution in [2.45, 2.75) is 57.3 Å². The number of aromatic nitrogens is 4. The average molecular weight is 879 g/mol. The third-order valence-electron chi connectivity index (χ3n) is 7.23. The highest BCUT2D eigenvalue weighted by Crippen LogP contribution is 2.61. The summed E-state index contributed by atoms with van der Waals surface area (Å²) in [5, 5.41) is 43.7. The third-order valence-corrected chi connectivity index (χ3v) is 11.1. The zero-order valence-corrected chi connectivity index (χ0v) is 32.7. The van der Waals surface area contributed by atoms with Gasteiger partial charge in [-0.05, 0) is 18.4 Å². The molecule has 10 N–H and O–H groups in total. The number of nitrogens with one attached hydrogen (secondary N) is 1. The number of nitrogen functional groups attached to an aromatic ring is 1. The number of imidazole rings is 1. The number of amides is 1. The Morgan fingerprint density at radius 1 is 1.16 bits per heavy atom. The number of aliphatic imine (C=N–C) groups is 1. The number of carbonyl (C=O) groups excluding carboxylic acids is 2. The second-order valence-electron chi connectivity index (χ2n) is 12.2. The highest BCUT2D eigenvalue weighted by atomic mass is 32.2. The Balaban J connectivity index is 1.50. The fourth-order valence-corrected chi connectivity index (χ4v) is 7.95. The van der Waals surface area contributed by atoms with E-state index in [-0.39, 0.29) is 48.7 Å². The third kappa shape index (κ3) is 14.6. The standard InChI is InChI=1S/C26H40N7O19P3S/c1-26(2,21(39)24(40)29-7-6-15(34)28-8-9-56-17(37)5-3-4-16(35)36)11-49-55(46,47)52-54(44,45)48-10-14-20(51-53(41,42)43)19(38)25(50-14)33-13-32-18-22(27)30-12-31-23(18)33/h3,5,12-14,19-21,25,38-39H,4,6-11H2,1-2H3,(H,28,34)(H,29,40)(H,35,36)(H,44,45)(H,46,47)(H2,27,30,31)(H2,41,42,43)/p-1/b5-3+/t14-,19-,20-,21?,25-/m1/s1. The van der Waals surface area contributed by atoms with Crippen LogP contribution in [-0.4, -0.2) is 134 Å². The van der Waals surface area contributed by atoms with E-state index < -0.39 is 95.6 Å². The van der Waals surface area contributed by atoms with E-state index in [2.05, 4.69) is 34.1 Å². The summed E-state index contributed by atoms with van der Waals surface area (Å²) in [4.78, 5) is 89.1. The minimum atomic E-state index is -5.59. The molecule has 0 spiro atoms. The van der Waals surface area contributed by atoms with Gasteiger partial charge in [0.05, 0.1) is 26.0 Å². The number of nitrogens with zero attached hydrogens (tertiary/aromatic N) is 5. The molecule has 1 saturated heterocycles. The Morgan fingerprint density at radius 3 is 2.50 bits per heavy atom. The summed E-state index contributed by atoms with van der Waals surface area (Å²) in [6.07, 6.45) is -5.23. The number of hydrogen-bond acceptors (Lipinski definition) is 20. The van der Waals surface area contributed by atoms with Crippen molar-refractivity contribution in [3.8, 4) is 0 Å². The van der Waals surface area contributed by atoms with E-state index >= 15 is 0 Å². The number of thioether (sulfide) groups is 1. The van der Waals surface area contributed by atoms with Gasteiger partial charge >= 0.3 is 29.4 Å². The Bertz CT molecular complexity index is 1930. The van der Waals surface area contributed by atoms with Crippen LogP contribution in [0.1, 0.15) is 32.9 Å². The number of aliphatic carboxylic acids is 1. The van der Waals surface area contributed by atoms with Crippen molar-refractivity contribution >= 4 is 75.1 Å². The molecule has 314 valence electrons. The molecule has 3 rings (SSSR count). The molecule has 0 radical (unpaired) electrons. The van der Waals surface area contributed by atoms with Crippen LogP contribution in [0.25, 0.3) is 11.2 Å². The molecule has 2 aromatic heterocycles. The van der Waals surface area contributed by atoms with Crippen LogP contribution < -0.4 is 16.2 Å². The molecule has 7 atom stereocenters. The predicted octanol–water partition coefficient (Wildman–Crippen LogP) is -1.66. The summed E-state index contributed by atoms with van der Waals surface area (Å²) in [5.41, 5.74) is 4.19. The maximum Gasteiger partial charge on any atom is 0.481 e. The van der Waals surface area contributed by atoms with Crippen LogP contribution in [0.4, 0.5) is 5.82 Å². The molecule has 1 aliphatic heterocycles. The van der Waals surface area contributed by atoms with Gasteiger partial charge in [-0.25, -0.2) is 28.6 Å². The fraction of sp³-hybridized carbons (Fsp3) is 0.577. The van der Waals surface area contributed by atoms with E-state index in [0.29, 0.717) is 0 Å². The number of nitrogens with two attached hydrogens (primary N) is 1. The average Bonchev–Trinajstić information content (AvgIpc) is 3.64. The first-order valence-electron chi connectivity index (χ1n) is 15.8. The SMILES string of the molecule is CC(C)(COP(=O)(O)OP(=O)(O)OC[C@H]1O[C@@H](n2cnc3c(N)ncnc32)[C@H](O)[C@@H]1OP(=O)(O)O)C(O)C(=O)NCCC([O-])=NCCSC(=O)/C=C/CC(=O)O. The molecular weight excluding hydrogens is 839 g/mol. The lowest BCUT2D eigenvalue weighted by Crippen LogP contribution is -2.46. The Labute approximate surface area is 320 Å². The molecule has 1 fully saturated rings. The van der Waals surface area contributed by atoms with Gasteiger partial charge in [0.25, 0.3) is 0 Å². The van der Waals surface area contributed by atoms with Gasteiger partial charge in [-0.2, -0.15) is 4.31 Å². The highest BCUT2D eigenvalue weighted by molar-refractivity contribution is 8.14. The molecule has 3 unspecified atom stereocenters. The van der Waals surface area contributed by atoms with Crippen molar-refractivity contribution in [1.29, 1.82) is 0 Å². The summed E-state index contributed by atoms with van der Waals surface area (Å²) < 4.78 is 61.9. The first kappa shape index (κ1) is 47.1. The minimum Gasteiger partial charge on any atom is -0.862 e. The number of hydrogen-bond donors (Lipinski definition) is 9. The Kier molecular flexibility index (Phi) is 16.8. The summed E-state index contributed by atoms with van der Waals surface area (Å²) >= 11 is 0.811. The number of aliphatic hydroxyl groups excluding tert-OH is 2. The Morgan fingerprint density at radius 2 is 1.84 bits per heavy atom. The number of anilines is 1. The summed E-state index contributed by atoms with van der Waals surface area (Å²) in [7, 11) is -16.5. The van der Waals surface area contributed by atoms with Gasteiger partial charge in [-0.15, -0.1) is 0 Å². The van der Waals surface area contributed by atoms with E-state index in [1.165, 1.54) is 19.9 Å². The van der Waals surface area contributed by atoms with Crippen molar-refractivity contribution in [2.24, 2.45) is 10.4 Å². The number of carbonyl (C=O) groups is 3. The topological polar surface area (TPSA) is 407 Å². The van der Waals surface area contributed by atoms with Gasteiger partial charge < -0.3 is 60.8 Å². The number of phosphoric ester groups is 3. The molecule has 0 saturated carbocycles. The monoisotopic (exact) mass is 878 g/mol. The summed E-state index contributed by atoms with van der Waals surface area (Å²) in [6.45, 7) is 0.0340. The van der Waals surface area contributed by atoms with Crippen molar-refractivity contribution in [3.05, 3.63) is 24.8 Å². The molecular formula is C26H39N7O19P3S-. The van der Waals surface area contributed by atoms with Crippen LogP contribution in [-0.2, 0) is 50.7 Å². The van der Waals surface area contributed by atoms with Gasteiger partial charge in [0, 0.05) is 24.3 Å². The molecule has 56 heavy (non-hydrogen) atoms. The van der Waals surface area contributed by atoms with Gasteiger partial charge in [0.2, 0.25) is 11.0 Å². The van der Waals surface area contributed by atoms with E-state index in [1.807, 2.05) is 0 Å². The molecule has 26 nitrogen and oxygen atoms in total. The number of carboxylic acid groups (broad SMARTS) is 1. The van der Waals surface area contributed by atoms with Crippen LogP contribution in [0, 0.1) is 5.41 Å². The molecule has 1 amide bonds. The van der Waals surface area contributed by atoms with Crippen molar-refractivity contribution in [3.63, 3.8) is 0 Å². The van der Waals surface area contributed by atoms with Crippen molar-refractivity contribution < 1.29 is 90.7 Å². The first-order chi connectivity index (χ1) is 25.9. The molecule has 30 heteroatoms. The van der Waals surface area contributed by atoms with E-state index in [1.54, 1.807) is 0 Å². The van der Waals surface area contributed by atoms with Crippen molar-refractivity contribution in [1.82, 2.24) is 24.8 Å². The number of aliphatic hydroxyl groups is 2. The number of phosphoric acid groups is 3.